The largest absolute Gasteiger partial charge is 0.497 e. The third kappa shape index (κ3) is 6.74. The minimum Gasteiger partial charge on any atom is -0.497 e. The first kappa shape index (κ1) is 25.5. The number of nitrogens with zero attached hydrogens (tertiary/aromatic N) is 1. The summed E-state index contributed by atoms with van der Waals surface area (Å²) in [6.07, 6.45) is 1.26. The van der Waals surface area contributed by atoms with Gasteiger partial charge in [-0.3, -0.25) is 9.59 Å². The Hall–Kier alpha value is -3.62. The molecular formula is C28H27N3O3S2. The average Bonchev–Trinajstić information content (AvgIpc) is 3.36. The Balaban J connectivity index is 1.51. The van der Waals surface area contributed by atoms with Gasteiger partial charge in [-0.25, -0.2) is 4.98 Å². The van der Waals surface area contributed by atoms with Crippen molar-refractivity contribution in [3.63, 3.8) is 0 Å². The second kappa shape index (κ2) is 12.4. The zero-order valence-electron chi connectivity index (χ0n) is 20.1. The first-order chi connectivity index (χ1) is 17.6. The van der Waals surface area contributed by atoms with Crippen molar-refractivity contribution in [1.82, 2.24) is 4.98 Å². The van der Waals surface area contributed by atoms with E-state index in [2.05, 4.69) is 15.6 Å². The standard InChI is InChI=1S/C28H27N3O3S2/c1-3-8-25(32)29-21-11-7-12-23(17-21)36-26(20-9-5-4-6-10-20)27(33)31-28-30-24(18-35-28)19-13-15-22(34-2)16-14-19/h4-7,9-18,26H,3,8H2,1-2H3,(H,29,32)(H,30,31,33). The van der Waals surface area contributed by atoms with Crippen LogP contribution >= 0.6 is 23.1 Å². The Morgan fingerprint density at radius 2 is 1.78 bits per heavy atom. The molecule has 2 N–H and O–H groups in total. The van der Waals surface area contributed by atoms with Gasteiger partial charge >= 0.3 is 0 Å². The zero-order valence-corrected chi connectivity index (χ0v) is 21.7. The second-order valence-corrected chi connectivity index (χ2v) is 10.0. The van der Waals surface area contributed by atoms with Crippen LogP contribution in [0.25, 0.3) is 11.3 Å². The van der Waals surface area contributed by atoms with Gasteiger partial charge in [-0.15, -0.1) is 23.1 Å². The summed E-state index contributed by atoms with van der Waals surface area (Å²) < 4.78 is 5.22. The number of thioether (sulfide) groups is 1. The predicted molar refractivity (Wildman–Crippen MR) is 148 cm³/mol. The number of ether oxygens (including phenoxy) is 1. The van der Waals surface area contributed by atoms with Crippen LogP contribution in [0.5, 0.6) is 5.75 Å². The fourth-order valence-corrected chi connectivity index (χ4v) is 5.34. The SMILES string of the molecule is CCCC(=O)Nc1cccc(SC(C(=O)Nc2nc(-c3ccc(OC)cc3)cs2)c2ccccc2)c1. The summed E-state index contributed by atoms with van der Waals surface area (Å²) in [4.78, 5) is 31.0. The Labute approximate surface area is 219 Å². The van der Waals surface area contributed by atoms with E-state index in [9.17, 15) is 9.59 Å². The summed E-state index contributed by atoms with van der Waals surface area (Å²) in [6.45, 7) is 1.97. The number of nitrogens with one attached hydrogen (secondary N) is 2. The molecule has 0 bridgehead atoms. The van der Waals surface area contributed by atoms with Gasteiger partial charge in [-0.2, -0.15) is 0 Å². The highest BCUT2D eigenvalue weighted by atomic mass is 32.2. The van der Waals surface area contributed by atoms with Crippen LogP contribution in [0.3, 0.4) is 0 Å². The molecule has 0 saturated heterocycles. The molecule has 0 spiro atoms. The normalized spacial score (nSPS) is 11.5. The zero-order chi connectivity index (χ0) is 25.3. The fraction of sp³-hybridized carbons (Fsp3) is 0.179. The highest BCUT2D eigenvalue weighted by molar-refractivity contribution is 8.00. The van der Waals surface area contributed by atoms with Gasteiger partial charge in [-0.1, -0.05) is 43.3 Å². The monoisotopic (exact) mass is 517 g/mol. The molecule has 0 radical (unpaired) electrons. The van der Waals surface area contributed by atoms with Gasteiger partial charge in [0.25, 0.3) is 0 Å². The molecule has 1 unspecified atom stereocenters. The van der Waals surface area contributed by atoms with Crippen LogP contribution in [-0.4, -0.2) is 23.9 Å². The molecule has 1 heterocycles. The molecule has 4 aromatic rings. The molecular weight excluding hydrogens is 490 g/mol. The maximum absolute atomic E-state index is 13.4. The van der Waals surface area contributed by atoms with Gasteiger partial charge in [0, 0.05) is 27.9 Å². The van der Waals surface area contributed by atoms with Gasteiger partial charge in [0.15, 0.2) is 5.13 Å². The molecule has 3 aromatic carbocycles. The summed E-state index contributed by atoms with van der Waals surface area (Å²) in [5.41, 5.74) is 3.34. The molecule has 0 aliphatic heterocycles. The molecule has 2 amide bonds. The number of carbonyl (C=O) groups excluding carboxylic acids is 2. The molecule has 0 fully saturated rings. The van der Waals surface area contributed by atoms with E-state index in [1.54, 1.807) is 7.11 Å². The first-order valence-corrected chi connectivity index (χ1v) is 13.3. The van der Waals surface area contributed by atoms with Gasteiger partial charge in [0.2, 0.25) is 11.8 Å². The lowest BCUT2D eigenvalue weighted by atomic mass is 10.1. The van der Waals surface area contributed by atoms with E-state index < -0.39 is 5.25 Å². The fourth-order valence-electron chi connectivity index (χ4n) is 3.53. The van der Waals surface area contributed by atoms with Crippen LogP contribution in [0, 0.1) is 0 Å². The van der Waals surface area contributed by atoms with Crippen LogP contribution in [-0.2, 0) is 9.59 Å². The number of thiazole rings is 1. The lowest BCUT2D eigenvalue weighted by Gasteiger charge is -2.17. The summed E-state index contributed by atoms with van der Waals surface area (Å²) >= 11 is 2.82. The van der Waals surface area contributed by atoms with Crippen molar-refractivity contribution < 1.29 is 14.3 Å². The van der Waals surface area contributed by atoms with Crippen molar-refractivity contribution in [2.24, 2.45) is 0 Å². The van der Waals surface area contributed by atoms with Crippen LogP contribution in [0.1, 0.15) is 30.6 Å². The quantitative estimate of drug-likeness (QED) is 0.221. The van der Waals surface area contributed by atoms with Gasteiger partial charge in [0.05, 0.1) is 12.8 Å². The number of carbonyl (C=O) groups is 2. The minimum absolute atomic E-state index is 0.0200. The van der Waals surface area contributed by atoms with Gasteiger partial charge in [0.1, 0.15) is 11.0 Å². The van der Waals surface area contributed by atoms with Crippen molar-refractivity contribution in [2.45, 2.75) is 29.9 Å². The van der Waals surface area contributed by atoms with E-state index in [1.807, 2.05) is 91.2 Å². The molecule has 1 atom stereocenters. The molecule has 0 saturated carbocycles. The van der Waals surface area contributed by atoms with Crippen LogP contribution in [0.2, 0.25) is 0 Å². The second-order valence-electron chi connectivity index (χ2n) is 7.99. The van der Waals surface area contributed by atoms with E-state index in [-0.39, 0.29) is 11.8 Å². The topological polar surface area (TPSA) is 80.3 Å². The lowest BCUT2D eigenvalue weighted by Crippen LogP contribution is -2.19. The van der Waals surface area contributed by atoms with E-state index >= 15 is 0 Å². The molecule has 0 aliphatic carbocycles. The third-order valence-electron chi connectivity index (χ3n) is 5.31. The maximum Gasteiger partial charge on any atom is 0.244 e. The smallest absolute Gasteiger partial charge is 0.244 e. The predicted octanol–water partition coefficient (Wildman–Crippen LogP) is 7.03. The van der Waals surface area contributed by atoms with Crippen molar-refractivity contribution in [1.29, 1.82) is 0 Å². The summed E-state index contributed by atoms with van der Waals surface area (Å²) in [5.74, 6) is 0.593. The highest BCUT2D eigenvalue weighted by Crippen LogP contribution is 2.37. The summed E-state index contributed by atoms with van der Waals surface area (Å²) in [6, 6.07) is 24.9. The van der Waals surface area contributed by atoms with Crippen LogP contribution in [0.4, 0.5) is 10.8 Å². The number of methoxy groups -OCH3 is 1. The maximum atomic E-state index is 13.4. The number of hydrogen-bond acceptors (Lipinski definition) is 6. The molecule has 36 heavy (non-hydrogen) atoms. The number of benzene rings is 3. The summed E-state index contributed by atoms with van der Waals surface area (Å²) in [5, 5.41) is 7.87. The average molecular weight is 518 g/mol. The number of hydrogen-bond donors (Lipinski definition) is 2. The number of aromatic nitrogens is 1. The molecule has 8 heteroatoms. The Kier molecular flexibility index (Phi) is 8.76. The van der Waals surface area contributed by atoms with Crippen molar-refractivity contribution >= 4 is 45.7 Å². The number of anilines is 2. The van der Waals surface area contributed by atoms with Gasteiger partial charge in [-0.05, 0) is 54.4 Å². The van der Waals surface area contributed by atoms with E-state index in [0.29, 0.717) is 11.6 Å². The van der Waals surface area contributed by atoms with E-state index in [0.717, 1.165) is 39.6 Å². The molecule has 1 aromatic heterocycles. The van der Waals surface area contributed by atoms with Crippen LogP contribution < -0.4 is 15.4 Å². The van der Waals surface area contributed by atoms with E-state index in [4.69, 9.17) is 4.74 Å². The Morgan fingerprint density at radius 1 is 1.00 bits per heavy atom. The first-order valence-electron chi connectivity index (χ1n) is 11.6. The molecule has 0 aliphatic rings. The lowest BCUT2D eigenvalue weighted by molar-refractivity contribution is -0.116. The minimum atomic E-state index is -0.499. The Bertz CT molecular complexity index is 1310. The summed E-state index contributed by atoms with van der Waals surface area (Å²) in [7, 11) is 1.63. The van der Waals surface area contributed by atoms with E-state index in [1.165, 1.54) is 23.1 Å². The van der Waals surface area contributed by atoms with Crippen molar-refractivity contribution in [3.05, 3.63) is 89.8 Å². The number of rotatable bonds is 10. The molecule has 4 rings (SSSR count). The third-order valence-corrected chi connectivity index (χ3v) is 7.32. The molecule has 184 valence electrons. The van der Waals surface area contributed by atoms with Gasteiger partial charge < -0.3 is 15.4 Å². The number of amides is 2. The highest BCUT2D eigenvalue weighted by Gasteiger charge is 2.23. The Morgan fingerprint density at radius 3 is 2.50 bits per heavy atom. The van der Waals surface area contributed by atoms with Crippen molar-refractivity contribution in [3.8, 4) is 17.0 Å². The van der Waals surface area contributed by atoms with Crippen molar-refractivity contribution in [2.75, 3.05) is 17.7 Å². The molecule has 6 nitrogen and oxygen atoms in total. The van der Waals surface area contributed by atoms with Crippen LogP contribution in [0.15, 0.2) is 89.1 Å².